The third-order valence-electron chi connectivity index (χ3n) is 5.26. The number of carbonyl (C=O) groups excluding carboxylic acids is 1. The van der Waals surface area contributed by atoms with E-state index >= 15 is 0 Å². The van der Waals surface area contributed by atoms with Gasteiger partial charge in [0.25, 0.3) is 5.91 Å². The molecule has 7 nitrogen and oxygen atoms in total. The molecule has 146 valence electrons. The van der Waals surface area contributed by atoms with Gasteiger partial charge in [-0.1, -0.05) is 0 Å². The minimum atomic E-state index is -0.972. The summed E-state index contributed by atoms with van der Waals surface area (Å²) in [5.74, 6) is -2.46. The summed E-state index contributed by atoms with van der Waals surface area (Å²) >= 11 is 0. The van der Waals surface area contributed by atoms with E-state index in [2.05, 4.69) is 10.3 Å². The molecule has 3 N–H and O–H groups in total. The Kier molecular flexibility index (Phi) is 4.33. The van der Waals surface area contributed by atoms with Gasteiger partial charge in [-0.25, -0.2) is 9.37 Å². The third-order valence-corrected chi connectivity index (χ3v) is 5.26. The van der Waals surface area contributed by atoms with Gasteiger partial charge in [-0.3, -0.25) is 4.79 Å². The number of imidazole rings is 1. The summed E-state index contributed by atoms with van der Waals surface area (Å²) in [4.78, 5) is 16.6. The number of hydrogen-bond donors (Lipinski definition) is 3. The summed E-state index contributed by atoms with van der Waals surface area (Å²) in [5, 5.41) is 22.4. The smallest absolute Gasteiger partial charge is 0.251 e. The summed E-state index contributed by atoms with van der Waals surface area (Å²) < 4.78 is 21.8. The molecule has 1 aliphatic carbocycles. The number of amides is 1. The van der Waals surface area contributed by atoms with Gasteiger partial charge in [-0.2, -0.15) is 0 Å². The fourth-order valence-corrected chi connectivity index (χ4v) is 3.51. The lowest BCUT2D eigenvalue weighted by atomic mass is 9.92. The number of phenols is 2. The lowest BCUT2D eigenvalue weighted by Crippen LogP contribution is -2.19. The zero-order valence-electron chi connectivity index (χ0n) is 15.5. The molecule has 0 aliphatic heterocycles. The zero-order valence-corrected chi connectivity index (χ0v) is 15.5. The van der Waals surface area contributed by atoms with E-state index in [9.17, 15) is 19.4 Å². The van der Waals surface area contributed by atoms with Crippen LogP contribution in [0.4, 0.5) is 4.39 Å². The van der Waals surface area contributed by atoms with Crippen LogP contribution in [0.25, 0.3) is 22.4 Å². The number of nitrogens with zero attached hydrogens (tertiary/aromatic N) is 2. The fraction of sp³-hybridized carbons (Fsp3) is 0.300. The molecule has 0 saturated heterocycles. The number of ether oxygens (including phenoxy) is 1. The highest BCUT2D eigenvalue weighted by Crippen LogP contribution is 2.45. The van der Waals surface area contributed by atoms with Gasteiger partial charge in [0.1, 0.15) is 5.82 Å². The summed E-state index contributed by atoms with van der Waals surface area (Å²) in [6.07, 6.45) is 2.86. The van der Waals surface area contributed by atoms with Crippen molar-refractivity contribution in [2.45, 2.75) is 25.3 Å². The Morgan fingerprint density at radius 2 is 2.04 bits per heavy atom. The number of nitrogens with one attached hydrogen (secondary N) is 1. The predicted molar refractivity (Wildman–Crippen MR) is 101 cm³/mol. The first-order valence-electron chi connectivity index (χ1n) is 8.99. The van der Waals surface area contributed by atoms with Crippen molar-refractivity contribution in [1.29, 1.82) is 0 Å². The van der Waals surface area contributed by atoms with Crippen LogP contribution in [-0.4, -0.2) is 39.8 Å². The Morgan fingerprint density at radius 1 is 1.29 bits per heavy atom. The first kappa shape index (κ1) is 18.1. The molecule has 1 aromatic heterocycles. The molecule has 4 rings (SSSR count). The van der Waals surface area contributed by atoms with Crippen LogP contribution in [0.1, 0.15) is 35.7 Å². The Balaban J connectivity index is 2.00. The molecule has 0 unspecified atom stereocenters. The monoisotopic (exact) mass is 385 g/mol. The van der Waals surface area contributed by atoms with Crippen LogP contribution in [0.15, 0.2) is 24.3 Å². The number of aromatic nitrogens is 2. The van der Waals surface area contributed by atoms with Gasteiger partial charge in [0.2, 0.25) is 5.75 Å². The predicted octanol–water partition coefficient (Wildman–Crippen LogP) is 3.35. The lowest BCUT2D eigenvalue weighted by molar-refractivity contribution is 0.0963. The van der Waals surface area contributed by atoms with Crippen LogP contribution < -0.4 is 10.1 Å². The van der Waals surface area contributed by atoms with Gasteiger partial charge in [-0.15, -0.1) is 0 Å². The summed E-state index contributed by atoms with van der Waals surface area (Å²) in [6, 6.07) is 6.54. The molecule has 0 bridgehead atoms. The normalized spacial score (nSPS) is 14.1. The van der Waals surface area contributed by atoms with Crippen molar-refractivity contribution >= 4 is 16.9 Å². The zero-order chi connectivity index (χ0) is 20.0. The van der Waals surface area contributed by atoms with E-state index in [0.29, 0.717) is 22.4 Å². The molecule has 1 saturated carbocycles. The van der Waals surface area contributed by atoms with Crippen molar-refractivity contribution in [1.82, 2.24) is 14.9 Å². The van der Waals surface area contributed by atoms with Gasteiger partial charge in [0.15, 0.2) is 17.3 Å². The van der Waals surface area contributed by atoms with E-state index in [1.54, 1.807) is 25.2 Å². The highest BCUT2D eigenvalue weighted by molar-refractivity contribution is 5.97. The van der Waals surface area contributed by atoms with E-state index in [-0.39, 0.29) is 23.3 Å². The van der Waals surface area contributed by atoms with Crippen molar-refractivity contribution < 1.29 is 24.1 Å². The number of hydrogen-bond acceptors (Lipinski definition) is 5. The van der Waals surface area contributed by atoms with Gasteiger partial charge in [-0.05, 0) is 43.5 Å². The molecular formula is C20H20FN3O4. The van der Waals surface area contributed by atoms with E-state index in [0.717, 1.165) is 19.3 Å². The molecule has 1 aliphatic rings. The molecular weight excluding hydrogens is 365 g/mol. The van der Waals surface area contributed by atoms with Crippen LogP contribution in [0.2, 0.25) is 0 Å². The van der Waals surface area contributed by atoms with Crippen molar-refractivity contribution in [2.75, 3.05) is 14.2 Å². The maximum Gasteiger partial charge on any atom is 0.251 e. The lowest BCUT2D eigenvalue weighted by Gasteiger charge is -2.29. The molecule has 1 heterocycles. The fourth-order valence-electron chi connectivity index (χ4n) is 3.51. The van der Waals surface area contributed by atoms with Crippen LogP contribution in [0, 0.1) is 5.82 Å². The highest BCUT2D eigenvalue weighted by Gasteiger charge is 2.29. The summed E-state index contributed by atoms with van der Waals surface area (Å²) in [5.41, 5.74) is 1.83. The average Bonchev–Trinajstić information content (AvgIpc) is 3.02. The molecule has 0 spiro atoms. The Morgan fingerprint density at radius 3 is 2.64 bits per heavy atom. The minimum absolute atomic E-state index is 0.0248. The molecule has 1 fully saturated rings. The Labute approximate surface area is 160 Å². The largest absolute Gasteiger partial charge is 0.502 e. The van der Waals surface area contributed by atoms with Crippen LogP contribution in [0.5, 0.6) is 17.2 Å². The van der Waals surface area contributed by atoms with Crippen LogP contribution in [-0.2, 0) is 0 Å². The number of rotatable bonds is 4. The number of fused-ring (bicyclic) bond motifs is 1. The molecule has 8 heteroatoms. The van der Waals surface area contributed by atoms with E-state index in [1.165, 1.54) is 13.2 Å². The van der Waals surface area contributed by atoms with Crippen molar-refractivity contribution in [3.63, 3.8) is 0 Å². The maximum absolute atomic E-state index is 14.8. The average molecular weight is 385 g/mol. The van der Waals surface area contributed by atoms with E-state index in [1.807, 2.05) is 4.57 Å². The number of aromatic hydroxyl groups is 2. The Bertz CT molecular complexity index is 1090. The summed E-state index contributed by atoms with van der Waals surface area (Å²) in [6.45, 7) is 0. The van der Waals surface area contributed by atoms with E-state index in [4.69, 9.17) is 4.74 Å². The van der Waals surface area contributed by atoms with Gasteiger partial charge < -0.3 is 24.8 Å². The van der Waals surface area contributed by atoms with Crippen molar-refractivity contribution in [2.24, 2.45) is 0 Å². The third kappa shape index (κ3) is 2.64. The standard InChI is InChI=1S/C20H20FN3O4/c1-22-20(27)10-6-7-13-14(8-10)24(11-4-3-5-11)19(23-13)12-9-15(28-2)17(25)18(26)16(12)21/h6-9,11,25-26H,3-5H2,1-2H3,(H,22,27). The van der Waals surface area contributed by atoms with Gasteiger partial charge in [0, 0.05) is 18.7 Å². The first-order chi connectivity index (χ1) is 13.5. The molecule has 0 atom stereocenters. The topological polar surface area (TPSA) is 96.6 Å². The SMILES string of the molecule is CNC(=O)c1ccc2nc(-c3cc(OC)c(O)c(O)c3F)n(C3CCC3)c2c1. The first-order valence-corrected chi connectivity index (χ1v) is 8.99. The van der Waals surface area contributed by atoms with Gasteiger partial charge >= 0.3 is 0 Å². The second-order valence-corrected chi connectivity index (χ2v) is 6.81. The van der Waals surface area contributed by atoms with E-state index < -0.39 is 17.3 Å². The van der Waals surface area contributed by atoms with Crippen LogP contribution >= 0.6 is 0 Å². The number of methoxy groups -OCH3 is 1. The van der Waals surface area contributed by atoms with Crippen molar-refractivity contribution in [3.8, 4) is 28.6 Å². The van der Waals surface area contributed by atoms with Gasteiger partial charge in [0.05, 0.1) is 23.7 Å². The number of phenolic OH excluding ortho intramolecular Hbond substituents is 2. The second-order valence-electron chi connectivity index (χ2n) is 6.81. The second kappa shape index (κ2) is 6.70. The molecule has 28 heavy (non-hydrogen) atoms. The highest BCUT2D eigenvalue weighted by atomic mass is 19.1. The summed E-state index contributed by atoms with van der Waals surface area (Å²) in [7, 11) is 2.88. The molecule has 0 radical (unpaired) electrons. The van der Waals surface area contributed by atoms with Crippen molar-refractivity contribution in [3.05, 3.63) is 35.6 Å². The molecule has 1 amide bonds. The quantitative estimate of drug-likeness (QED) is 0.599. The Hall–Kier alpha value is -3.29. The number of carbonyl (C=O) groups is 1. The molecule has 2 aromatic carbocycles. The van der Waals surface area contributed by atoms with Crippen LogP contribution in [0.3, 0.4) is 0 Å². The number of halogens is 1. The molecule has 3 aromatic rings. The minimum Gasteiger partial charge on any atom is -0.502 e. The maximum atomic E-state index is 14.8. The number of benzene rings is 2.